The van der Waals surface area contributed by atoms with Crippen molar-refractivity contribution < 1.29 is 23.5 Å². The van der Waals surface area contributed by atoms with Crippen LogP contribution in [0.5, 0.6) is 0 Å². The fourth-order valence-electron chi connectivity index (χ4n) is 6.27. The number of halogens is 1. The normalized spacial score (nSPS) is 23.8. The highest BCUT2D eigenvalue weighted by molar-refractivity contribution is 6.23. The number of imide groups is 1. The van der Waals surface area contributed by atoms with E-state index in [1.807, 2.05) is 28.0 Å². The summed E-state index contributed by atoms with van der Waals surface area (Å²) in [6.45, 7) is 4.47. The molecule has 0 N–H and O–H groups in total. The number of anilines is 2. The molecule has 3 amide bonds. The van der Waals surface area contributed by atoms with Crippen LogP contribution in [-0.2, 0) is 9.53 Å². The molecule has 2 aromatic rings. The number of para-hydroxylation sites is 1. The molecule has 8 nitrogen and oxygen atoms in total. The first-order valence-corrected chi connectivity index (χ1v) is 13.7. The summed E-state index contributed by atoms with van der Waals surface area (Å²) in [7, 11) is 0. The van der Waals surface area contributed by atoms with E-state index in [1.165, 1.54) is 11.0 Å². The summed E-state index contributed by atoms with van der Waals surface area (Å²) in [4.78, 5) is 47.3. The highest BCUT2D eigenvalue weighted by atomic mass is 19.1. The first-order valence-electron chi connectivity index (χ1n) is 13.7. The zero-order chi connectivity index (χ0) is 26.2. The number of benzene rings is 2. The van der Waals surface area contributed by atoms with Gasteiger partial charge in [-0.1, -0.05) is 18.2 Å². The lowest BCUT2D eigenvalue weighted by Gasteiger charge is -2.40. The highest BCUT2D eigenvalue weighted by Gasteiger charge is 2.41. The van der Waals surface area contributed by atoms with Crippen molar-refractivity contribution in [2.24, 2.45) is 5.92 Å². The monoisotopic (exact) mass is 520 g/mol. The van der Waals surface area contributed by atoms with E-state index < -0.39 is 0 Å². The van der Waals surface area contributed by atoms with Crippen molar-refractivity contribution in [3.8, 4) is 0 Å². The van der Waals surface area contributed by atoms with E-state index in [-0.39, 0.29) is 42.1 Å². The van der Waals surface area contributed by atoms with Gasteiger partial charge in [0.15, 0.2) is 0 Å². The molecule has 0 aromatic heterocycles. The van der Waals surface area contributed by atoms with Crippen molar-refractivity contribution in [2.45, 2.75) is 31.8 Å². The summed E-state index contributed by atoms with van der Waals surface area (Å²) in [5.41, 5.74) is 2.19. The van der Waals surface area contributed by atoms with Gasteiger partial charge < -0.3 is 19.4 Å². The quantitative estimate of drug-likeness (QED) is 0.564. The van der Waals surface area contributed by atoms with Gasteiger partial charge in [0.25, 0.3) is 11.8 Å². The van der Waals surface area contributed by atoms with Gasteiger partial charge in [0, 0.05) is 45.9 Å². The first-order chi connectivity index (χ1) is 18.5. The third-order valence-electron chi connectivity index (χ3n) is 8.28. The maximum Gasteiger partial charge on any atom is 0.263 e. The second kappa shape index (κ2) is 10.4. The number of amides is 3. The molecule has 9 heteroatoms. The molecule has 4 aliphatic heterocycles. The van der Waals surface area contributed by atoms with E-state index in [2.05, 4.69) is 4.90 Å². The van der Waals surface area contributed by atoms with Gasteiger partial charge in [0.2, 0.25) is 5.91 Å². The largest absolute Gasteiger partial charge is 0.376 e. The van der Waals surface area contributed by atoms with Crippen LogP contribution in [0.3, 0.4) is 0 Å². The molecule has 0 radical (unpaired) electrons. The van der Waals surface area contributed by atoms with Crippen LogP contribution in [0.1, 0.15) is 46.4 Å². The average Bonchev–Trinajstić information content (AvgIpc) is 3.56. The number of fused-ring (bicyclic) bond motifs is 1. The molecule has 6 rings (SSSR count). The van der Waals surface area contributed by atoms with Crippen LogP contribution < -0.4 is 9.80 Å². The Balaban J connectivity index is 1.13. The van der Waals surface area contributed by atoms with Crippen molar-refractivity contribution in [1.29, 1.82) is 0 Å². The fraction of sp³-hybridized carbons (Fsp3) is 0.483. The molecule has 0 unspecified atom stereocenters. The zero-order valence-corrected chi connectivity index (χ0v) is 21.5. The summed E-state index contributed by atoms with van der Waals surface area (Å²) >= 11 is 0. The van der Waals surface area contributed by atoms with Crippen LogP contribution in [0.15, 0.2) is 42.5 Å². The number of hydrogen-bond acceptors (Lipinski definition) is 6. The van der Waals surface area contributed by atoms with Crippen LogP contribution in [0, 0.1) is 11.7 Å². The molecule has 2 aromatic carbocycles. The minimum absolute atomic E-state index is 0.100. The van der Waals surface area contributed by atoms with Crippen molar-refractivity contribution in [3.05, 3.63) is 59.4 Å². The number of piperazine rings is 1. The van der Waals surface area contributed by atoms with Gasteiger partial charge in [-0.2, -0.15) is 0 Å². The summed E-state index contributed by atoms with van der Waals surface area (Å²) < 4.78 is 19.9. The highest BCUT2D eigenvalue weighted by Crippen LogP contribution is 2.35. The van der Waals surface area contributed by atoms with Crippen molar-refractivity contribution in [2.75, 3.05) is 62.2 Å². The number of carbonyl (C=O) groups excluding carboxylic acids is 3. The summed E-state index contributed by atoms with van der Waals surface area (Å²) in [5, 5.41) is 0. The molecule has 3 fully saturated rings. The molecule has 0 bridgehead atoms. The van der Waals surface area contributed by atoms with Gasteiger partial charge in [-0.25, -0.2) is 4.39 Å². The van der Waals surface area contributed by atoms with E-state index >= 15 is 0 Å². The van der Waals surface area contributed by atoms with Gasteiger partial charge >= 0.3 is 0 Å². The number of piperidine rings is 1. The number of nitrogens with zero attached hydrogens (tertiary/aromatic N) is 4. The fourth-order valence-corrected chi connectivity index (χ4v) is 6.27. The summed E-state index contributed by atoms with van der Waals surface area (Å²) in [6, 6.07) is 12.2. The topological polar surface area (TPSA) is 73.4 Å². The molecule has 0 aliphatic carbocycles. The van der Waals surface area contributed by atoms with Gasteiger partial charge in [-0.15, -0.1) is 0 Å². The molecule has 3 saturated heterocycles. The Hall–Kier alpha value is -3.46. The summed E-state index contributed by atoms with van der Waals surface area (Å²) in [6.07, 6.45) is 3.31. The summed E-state index contributed by atoms with van der Waals surface area (Å²) in [5.74, 6) is -0.853. The Morgan fingerprint density at radius 3 is 2.42 bits per heavy atom. The van der Waals surface area contributed by atoms with E-state index in [9.17, 15) is 18.8 Å². The van der Waals surface area contributed by atoms with E-state index in [0.29, 0.717) is 56.1 Å². The van der Waals surface area contributed by atoms with E-state index in [0.717, 1.165) is 37.9 Å². The van der Waals surface area contributed by atoms with Crippen molar-refractivity contribution >= 4 is 29.1 Å². The van der Waals surface area contributed by atoms with Gasteiger partial charge in [0.05, 0.1) is 41.1 Å². The Labute approximate surface area is 221 Å². The molecule has 200 valence electrons. The smallest absolute Gasteiger partial charge is 0.263 e. The molecule has 4 heterocycles. The molecule has 2 atom stereocenters. The second-order valence-electron chi connectivity index (χ2n) is 10.6. The Kier molecular flexibility index (Phi) is 6.78. The number of hydrogen-bond donors (Lipinski definition) is 0. The van der Waals surface area contributed by atoms with Crippen LogP contribution in [0.4, 0.5) is 15.8 Å². The second-order valence-corrected chi connectivity index (χ2v) is 10.6. The minimum atomic E-state index is -0.270. The van der Waals surface area contributed by atoms with Crippen LogP contribution in [-0.4, -0.2) is 86.0 Å². The third-order valence-corrected chi connectivity index (χ3v) is 8.28. The van der Waals surface area contributed by atoms with Gasteiger partial charge in [-0.3, -0.25) is 19.3 Å². The SMILES string of the molecule is O=C([C@@H]1CCCN(c2cccc3c2C(=O)N(C[C@@H]2CCCO2)C3=O)C1)N1CCN(c2ccccc2F)CC1. The standard InChI is InChI=1S/C29H33FN4O4/c30-23-9-1-2-10-24(23)31-13-15-32(16-14-31)27(35)20-6-4-12-33(18-20)25-11-3-8-22-26(25)29(37)34(28(22)36)19-21-7-5-17-38-21/h1-3,8-11,20-21H,4-7,12-19H2/t20-,21+/m1/s1. The molecular weight excluding hydrogens is 487 g/mol. The maximum absolute atomic E-state index is 14.2. The van der Waals surface area contributed by atoms with Crippen LogP contribution in [0.25, 0.3) is 0 Å². The molecular formula is C29H33FN4O4. The number of ether oxygens (including phenoxy) is 1. The minimum Gasteiger partial charge on any atom is -0.376 e. The maximum atomic E-state index is 14.2. The molecule has 38 heavy (non-hydrogen) atoms. The molecule has 0 spiro atoms. The Morgan fingerprint density at radius 2 is 1.66 bits per heavy atom. The lowest BCUT2D eigenvalue weighted by atomic mass is 9.94. The first kappa shape index (κ1) is 24.9. The lowest BCUT2D eigenvalue weighted by molar-refractivity contribution is -0.136. The van der Waals surface area contributed by atoms with E-state index in [4.69, 9.17) is 4.74 Å². The molecule has 0 saturated carbocycles. The lowest BCUT2D eigenvalue weighted by Crippen LogP contribution is -2.53. The predicted octanol–water partition coefficient (Wildman–Crippen LogP) is 3.17. The Morgan fingerprint density at radius 1 is 0.868 bits per heavy atom. The average molecular weight is 521 g/mol. The third kappa shape index (κ3) is 4.53. The van der Waals surface area contributed by atoms with Crippen LogP contribution in [0.2, 0.25) is 0 Å². The van der Waals surface area contributed by atoms with Gasteiger partial charge in [-0.05, 0) is 49.9 Å². The zero-order valence-electron chi connectivity index (χ0n) is 21.5. The number of carbonyl (C=O) groups is 3. The Bertz CT molecular complexity index is 1240. The van der Waals surface area contributed by atoms with E-state index in [1.54, 1.807) is 18.2 Å². The predicted molar refractivity (Wildman–Crippen MR) is 141 cm³/mol. The van der Waals surface area contributed by atoms with Gasteiger partial charge in [0.1, 0.15) is 5.82 Å². The molecule has 4 aliphatic rings. The number of rotatable bonds is 5. The van der Waals surface area contributed by atoms with Crippen LogP contribution >= 0.6 is 0 Å². The van der Waals surface area contributed by atoms with Crippen molar-refractivity contribution in [1.82, 2.24) is 9.80 Å². The van der Waals surface area contributed by atoms with Crippen molar-refractivity contribution in [3.63, 3.8) is 0 Å².